The molecule has 7 heteroatoms. The van der Waals surface area contributed by atoms with Crippen molar-refractivity contribution in [2.24, 2.45) is 5.92 Å². The van der Waals surface area contributed by atoms with E-state index in [4.69, 9.17) is 4.74 Å². The lowest BCUT2D eigenvalue weighted by molar-refractivity contribution is -0.120. The number of hydrogen-bond acceptors (Lipinski definition) is 4. The van der Waals surface area contributed by atoms with Crippen molar-refractivity contribution in [1.82, 2.24) is 4.31 Å². The quantitative estimate of drug-likeness (QED) is 0.648. The molecule has 0 atom stereocenters. The fraction of sp³-hybridized carbons (Fsp3) is 0.292. The van der Waals surface area contributed by atoms with Crippen LogP contribution in [0.4, 0.5) is 5.69 Å². The van der Waals surface area contributed by atoms with Crippen molar-refractivity contribution in [2.75, 3.05) is 25.5 Å². The van der Waals surface area contributed by atoms with Gasteiger partial charge in [-0.05, 0) is 55.0 Å². The number of piperidine rings is 1. The molecule has 3 aromatic carbocycles. The third-order valence-corrected chi connectivity index (χ3v) is 7.77. The number of fused-ring (bicyclic) bond motifs is 1. The lowest BCUT2D eigenvalue weighted by Crippen LogP contribution is -2.41. The highest BCUT2D eigenvalue weighted by atomic mass is 32.2. The Hall–Kier alpha value is -2.90. The van der Waals surface area contributed by atoms with Crippen molar-refractivity contribution >= 4 is 32.4 Å². The Balaban J connectivity index is 1.43. The number of carbonyl (C=O) groups excluding carboxylic acids is 1. The van der Waals surface area contributed by atoms with E-state index in [-0.39, 0.29) is 16.7 Å². The Labute approximate surface area is 182 Å². The SMILES string of the molecule is COc1ccc(S(=O)(=O)N2CCC(C(=O)Nc3cccc4ccccc34)CC2)cc1C. The van der Waals surface area contributed by atoms with Gasteiger partial charge in [-0.3, -0.25) is 4.79 Å². The number of aryl methyl sites for hydroxylation is 1. The number of nitrogens with zero attached hydrogens (tertiary/aromatic N) is 1. The monoisotopic (exact) mass is 438 g/mol. The van der Waals surface area contributed by atoms with Crippen LogP contribution in [0, 0.1) is 12.8 Å². The highest BCUT2D eigenvalue weighted by Crippen LogP contribution is 2.29. The molecule has 0 aromatic heterocycles. The zero-order chi connectivity index (χ0) is 22.0. The molecule has 0 radical (unpaired) electrons. The van der Waals surface area contributed by atoms with Crippen molar-refractivity contribution in [3.05, 3.63) is 66.2 Å². The van der Waals surface area contributed by atoms with E-state index in [0.29, 0.717) is 31.7 Å². The average Bonchev–Trinajstić information content (AvgIpc) is 2.79. The minimum atomic E-state index is -3.60. The van der Waals surface area contributed by atoms with Gasteiger partial charge in [-0.25, -0.2) is 8.42 Å². The Morgan fingerprint density at radius 2 is 1.74 bits per heavy atom. The largest absolute Gasteiger partial charge is 0.496 e. The maximum atomic E-state index is 13.0. The molecule has 1 amide bonds. The number of ether oxygens (including phenoxy) is 1. The minimum Gasteiger partial charge on any atom is -0.496 e. The molecule has 1 heterocycles. The first-order chi connectivity index (χ1) is 14.9. The molecule has 1 fully saturated rings. The van der Waals surface area contributed by atoms with Crippen LogP contribution in [-0.4, -0.2) is 38.8 Å². The molecular formula is C24H26N2O4S. The van der Waals surface area contributed by atoms with Gasteiger partial charge in [0.25, 0.3) is 0 Å². The first-order valence-electron chi connectivity index (χ1n) is 10.3. The smallest absolute Gasteiger partial charge is 0.243 e. The number of amides is 1. The molecule has 6 nitrogen and oxygen atoms in total. The molecule has 3 aromatic rings. The maximum absolute atomic E-state index is 13.0. The first kappa shape index (κ1) is 21.3. The van der Waals surface area contributed by atoms with Gasteiger partial charge in [-0.15, -0.1) is 0 Å². The molecule has 1 aliphatic heterocycles. The minimum absolute atomic E-state index is 0.0614. The van der Waals surface area contributed by atoms with E-state index in [1.807, 2.05) is 49.4 Å². The number of carbonyl (C=O) groups is 1. The van der Waals surface area contributed by atoms with E-state index >= 15 is 0 Å². The lowest BCUT2D eigenvalue weighted by Gasteiger charge is -2.30. The van der Waals surface area contributed by atoms with Gasteiger partial charge in [-0.1, -0.05) is 36.4 Å². The standard InChI is InChI=1S/C24H26N2O4S/c1-17-16-20(10-11-23(17)30-2)31(28,29)26-14-12-19(13-15-26)24(27)25-22-9-5-7-18-6-3-4-8-21(18)22/h3-11,16,19H,12-15H2,1-2H3,(H,25,27). The molecule has 1 N–H and O–H groups in total. The van der Waals surface area contributed by atoms with Crippen LogP contribution in [0.1, 0.15) is 18.4 Å². The predicted molar refractivity (Wildman–Crippen MR) is 122 cm³/mol. The zero-order valence-corrected chi connectivity index (χ0v) is 18.5. The summed E-state index contributed by atoms with van der Waals surface area (Å²) >= 11 is 0. The van der Waals surface area contributed by atoms with Crippen LogP contribution >= 0.6 is 0 Å². The molecule has 0 aliphatic carbocycles. The molecular weight excluding hydrogens is 412 g/mol. The maximum Gasteiger partial charge on any atom is 0.243 e. The van der Waals surface area contributed by atoms with Gasteiger partial charge in [0.2, 0.25) is 15.9 Å². The number of benzene rings is 3. The van der Waals surface area contributed by atoms with E-state index in [1.54, 1.807) is 25.3 Å². The highest BCUT2D eigenvalue weighted by molar-refractivity contribution is 7.89. The van der Waals surface area contributed by atoms with E-state index in [0.717, 1.165) is 22.0 Å². The van der Waals surface area contributed by atoms with E-state index in [2.05, 4.69) is 5.32 Å². The number of methoxy groups -OCH3 is 1. The van der Waals surface area contributed by atoms with Crippen molar-refractivity contribution in [3.63, 3.8) is 0 Å². The topological polar surface area (TPSA) is 75.7 Å². The number of nitrogens with one attached hydrogen (secondary N) is 1. The number of sulfonamides is 1. The predicted octanol–water partition coefficient (Wildman–Crippen LogP) is 4.20. The first-order valence-corrected chi connectivity index (χ1v) is 11.8. The summed E-state index contributed by atoms with van der Waals surface area (Å²) in [4.78, 5) is 13.1. The third-order valence-electron chi connectivity index (χ3n) is 5.88. The summed E-state index contributed by atoms with van der Waals surface area (Å²) in [7, 11) is -2.04. The fourth-order valence-corrected chi connectivity index (χ4v) is 5.64. The molecule has 4 rings (SSSR count). The molecule has 0 spiro atoms. The van der Waals surface area contributed by atoms with Gasteiger partial charge in [0.15, 0.2) is 0 Å². The molecule has 31 heavy (non-hydrogen) atoms. The van der Waals surface area contributed by atoms with Crippen LogP contribution in [0.15, 0.2) is 65.6 Å². The Morgan fingerprint density at radius 1 is 1.03 bits per heavy atom. The van der Waals surface area contributed by atoms with Gasteiger partial charge in [0.05, 0.1) is 12.0 Å². The van der Waals surface area contributed by atoms with Gasteiger partial charge in [-0.2, -0.15) is 4.31 Å². The van der Waals surface area contributed by atoms with Crippen LogP contribution in [0.5, 0.6) is 5.75 Å². The second-order valence-corrected chi connectivity index (χ2v) is 9.76. The Bertz CT molecular complexity index is 1210. The Morgan fingerprint density at radius 3 is 2.45 bits per heavy atom. The summed E-state index contributed by atoms with van der Waals surface area (Å²) in [5, 5.41) is 5.10. The summed E-state index contributed by atoms with van der Waals surface area (Å²) in [6.07, 6.45) is 0.982. The zero-order valence-electron chi connectivity index (χ0n) is 17.7. The summed E-state index contributed by atoms with van der Waals surface area (Å²) in [5.74, 6) is 0.375. The van der Waals surface area contributed by atoms with Crippen molar-refractivity contribution in [2.45, 2.75) is 24.7 Å². The van der Waals surface area contributed by atoms with Crippen molar-refractivity contribution in [1.29, 1.82) is 0 Å². The molecule has 1 aliphatic rings. The number of rotatable bonds is 5. The number of hydrogen-bond donors (Lipinski definition) is 1. The molecule has 0 saturated carbocycles. The average molecular weight is 439 g/mol. The lowest BCUT2D eigenvalue weighted by atomic mass is 9.97. The normalized spacial score (nSPS) is 15.7. The van der Waals surface area contributed by atoms with E-state index < -0.39 is 10.0 Å². The van der Waals surface area contributed by atoms with Crippen LogP contribution in [0.25, 0.3) is 10.8 Å². The summed E-state index contributed by atoms with van der Waals surface area (Å²) in [5.41, 5.74) is 1.56. The van der Waals surface area contributed by atoms with Gasteiger partial charge >= 0.3 is 0 Å². The highest BCUT2D eigenvalue weighted by Gasteiger charge is 2.32. The van der Waals surface area contributed by atoms with E-state index in [1.165, 1.54) is 4.31 Å². The summed E-state index contributed by atoms with van der Waals surface area (Å²) < 4.78 is 32.8. The molecule has 1 saturated heterocycles. The Kier molecular flexibility index (Phi) is 5.98. The second kappa shape index (κ2) is 8.69. The summed E-state index contributed by atoms with van der Waals surface area (Å²) in [6.45, 7) is 2.46. The van der Waals surface area contributed by atoms with E-state index in [9.17, 15) is 13.2 Å². The van der Waals surface area contributed by atoms with Crippen LogP contribution in [0.2, 0.25) is 0 Å². The second-order valence-electron chi connectivity index (χ2n) is 7.83. The molecule has 0 unspecified atom stereocenters. The molecule has 162 valence electrons. The van der Waals surface area contributed by atoms with Crippen LogP contribution in [-0.2, 0) is 14.8 Å². The van der Waals surface area contributed by atoms with Crippen LogP contribution < -0.4 is 10.1 Å². The van der Waals surface area contributed by atoms with Gasteiger partial charge in [0.1, 0.15) is 5.75 Å². The van der Waals surface area contributed by atoms with Crippen molar-refractivity contribution < 1.29 is 17.9 Å². The molecule has 0 bridgehead atoms. The fourth-order valence-electron chi connectivity index (χ4n) is 4.09. The van der Waals surface area contributed by atoms with Gasteiger partial charge < -0.3 is 10.1 Å². The van der Waals surface area contributed by atoms with Crippen molar-refractivity contribution in [3.8, 4) is 5.75 Å². The number of anilines is 1. The third kappa shape index (κ3) is 4.29. The van der Waals surface area contributed by atoms with Gasteiger partial charge in [0, 0.05) is 30.1 Å². The van der Waals surface area contributed by atoms with Crippen LogP contribution in [0.3, 0.4) is 0 Å². The summed E-state index contributed by atoms with van der Waals surface area (Å²) in [6, 6.07) is 18.6.